The molecule has 1 aliphatic rings. The van der Waals surface area contributed by atoms with Gasteiger partial charge in [0.1, 0.15) is 5.82 Å². The highest BCUT2D eigenvalue weighted by molar-refractivity contribution is 6.06. The minimum atomic E-state index is -0.177. The Morgan fingerprint density at radius 1 is 1.11 bits per heavy atom. The summed E-state index contributed by atoms with van der Waals surface area (Å²) in [6.07, 6.45) is 1.69. The number of anilines is 2. The molecule has 1 amide bonds. The van der Waals surface area contributed by atoms with Crippen LogP contribution in [0.4, 0.5) is 11.5 Å². The van der Waals surface area contributed by atoms with E-state index in [0.29, 0.717) is 30.2 Å². The molecule has 0 atom stereocenters. The second-order valence-electron chi connectivity index (χ2n) is 6.78. The molecule has 6 heteroatoms. The van der Waals surface area contributed by atoms with Crippen molar-refractivity contribution in [3.05, 3.63) is 59.4 Å². The van der Waals surface area contributed by atoms with E-state index in [2.05, 4.69) is 20.2 Å². The number of nitrogens with one attached hydrogen (secondary N) is 1. The maximum Gasteiger partial charge on any atom is 0.257 e. The monoisotopic (exact) mass is 362 g/mol. The average Bonchev–Trinajstić information content (AvgIpc) is 2.69. The highest BCUT2D eigenvalue weighted by Crippen LogP contribution is 2.20. The third-order valence-corrected chi connectivity index (χ3v) is 4.75. The first-order valence-corrected chi connectivity index (χ1v) is 9.08. The van der Waals surface area contributed by atoms with Gasteiger partial charge in [0, 0.05) is 18.5 Å². The summed E-state index contributed by atoms with van der Waals surface area (Å²) >= 11 is 0. The van der Waals surface area contributed by atoms with E-state index in [0.717, 1.165) is 35.4 Å². The molecule has 3 aromatic rings. The molecule has 6 nitrogen and oxygen atoms in total. The predicted molar refractivity (Wildman–Crippen MR) is 106 cm³/mol. The molecule has 4 rings (SSSR count). The maximum absolute atomic E-state index is 12.7. The van der Waals surface area contributed by atoms with Crippen LogP contribution in [-0.4, -0.2) is 42.2 Å². The van der Waals surface area contributed by atoms with Crippen molar-refractivity contribution in [1.29, 1.82) is 0 Å². The lowest BCUT2D eigenvalue weighted by atomic mass is 10.1. The Kier molecular flexibility index (Phi) is 4.73. The second-order valence-corrected chi connectivity index (χ2v) is 6.78. The topological polar surface area (TPSA) is 67.4 Å². The van der Waals surface area contributed by atoms with E-state index in [1.807, 2.05) is 50.2 Å². The number of aromatic nitrogens is 2. The van der Waals surface area contributed by atoms with Gasteiger partial charge in [-0.05, 0) is 44.2 Å². The highest BCUT2D eigenvalue weighted by atomic mass is 16.5. The molecule has 0 spiro atoms. The van der Waals surface area contributed by atoms with Gasteiger partial charge in [-0.1, -0.05) is 11.6 Å². The van der Waals surface area contributed by atoms with Crippen LogP contribution in [0.15, 0.2) is 42.6 Å². The zero-order valence-corrected chi connectivity index (χ0v) is 15.5. The van der Waals surface area contributed by atoms with Gasteiger partial charge in [-0.2, -0.15) is 0 Å². The van der Waals surface area contributed by atoms with Gasteiger partial charge in [-0.25, -0.2) is 4.98 Å². The number of hydrogen-bond donors (Lipinski definition) is 1. The molecule has 0 bridgehead atoms. The van der Waals surface area contributed by atoms with Crippen LogP contribution in [0.3, 0.4) is 0 Å². The van der Waals surface area contributed by atoms with Crippen LogP contribution >= 0.6 is 0 Å². The van der Waals surface area contributed by atoms with Gasteiger partial charge in [-0.15, -0.1) is 0 Å². The Morgan fingerprint density at radius 2 is 1.93 bits per heavy atom. The Morgan fingerprint density at radius 3 is 2.67 bits per heavy atom. The van der Waals surface area contributed by atoms with Crippen molar-refractivity contribution < 1.29 is 9.53 Å². The fourth-order valence-electron chi connectivity index (χ4n) is 3.26. The van der Waals surface area contributed by atoms with E-state index in [1.165, 1.54) is 0 Å². The number of rotatable bonds is 3. The fourth-order valence-corrected chi connectivity index (χ4v) is 3.26. The van der Waals surface area contributed by atoms with Crippen molar-refractivity contribution >= 4 is 28.3 Å². The zero-order chi connectivity index (χ0) is 18.8. The number of nitrogens with zero attached hydrogens (tertiary/aromatic N) is 3. The molecule has 0 radical (unpaired) electrons. The molecule has 1 saturated heterocycles. The van der Waals surface area contributed by atoms with Crippen LogP contribution in [0.25, 0.3) is 10.9 Å². The second kappa shape index (κ2) is 7.32. The van der Waals surface area contributed by atoms with Crippen LogP contribution in [0.1, 0.15) is 21.6 Å². The molecular formula is C21H22N4O2. The summed E-state index contributed by atoms with van der Waals surface area (Å²) in [5.41, 5.74) is 3.99. The van der Waals surface area contributed by atoms with E-state index in [4.69, 9.17) is 4.74 Å². The number of amides is 1. The molecule has 0 unspecified atom stereocenters. The molecule has 1 aromatic carbocycles. The standard InChI is InChI=1S/C21H22N4O2/c1-14-3-5-19-16(11-14)12-18(15(2)23-19)21(26)24-17-4-6-20(22-13-17)25-7-9-27-10-8-25/h3-6,11-13H,7-10H2,1-2H3,(H,24,26). The van der Waals surface area contributed by atoms with Gasteiger partial charge >= 0.3 is 0 Å². The van der Waals surface area contributed by atoms with Gasteiger partial charge in [0.05, 0.1) is 41.9 Å². The smallest absolute Gasteiger partial charge is 0.257 e. The summed E-state index contributed by atoms with van der Waals surface area (Å²) in [5, 5.41) is 3.89. The molecule has 0 saturated carbocycles. The predicted octanol–water partition coefficient (Wildman–Crippen LogP) is 3.34. The van der Waals surface area contributed by atoms with Crippen LogP contribution < -0.4 is 10.2 Å². The van der Waals surface area contributed by atoms with E-state index in [-0.39, 0.29) is 5.91 Å². The molecule has 1 aliphatic heterocycles. The van der Waals surface area contributed by atoms with Crippen molar-refractivity contribution in [2.24, 2.45) is 0 Å². The van der Waals surface area contributed by atoms with Gasteiger partial charge in [0.15, 0.2) is 0 Å². The van der Waals surface area contributed by atoms with Crippen molar-refractivity contribution in [2.45, 2.75) is 13.8 Å². The molecule has 2 aromatic heterocycles. The SMILES string of the molecule is Cc1ccc2nc(C)c(C(=O)Nc3ccc(N4CCOCC4)nc3)cc2c1. The summed E-state index contributed by atoms with van der Waals surface area (Å²) in [7, 11) is 0. The average molecular weight is 362 g/mol. The Hall–Kier alpha value is -2.99. The number of morpholine rings is 1. The van der Waals surface area contributed by atoms with Gasteiger partial charge in [0.25, 0.3) is 5.91 Å². The summed E-state index contributed by atoms with van der Waals surface area (Å²) in [5.74, 6) is 0.722. The Balaban J connectivity index is 1.53. The number of carbonyl (C=O) groups is 1. The van der Waals surface area contributed by atoms with E-state index in [1.54, 1.807) is 6.20 Å². The minimum Gasteiger partial charge on any atom is -0.378 e. The fraction of sp³-hybridized carbons (Fsp3) is 0.286. The van der Waals surface area contributed by atoms with Crippen molar-refractivity contribution in [1.82, 2.24) is 9.97 Å². The van der Waals surface area contributed by atoms with Gasteiger partial charge in [0.2, 0.25) is 0 Å². The number of carbonyl (C=O) groups excluding carboxylic acids is 1. The summed E-state index contributed by atoms with van der Waals surface area (Å²) in [6.45, 7) is 6.98. The first-order chi connectivity index (χ1) is 13.1. The Labute approximate surface area is 158 Å². The first kappa shape index (κ1) is 17.4. The number of benzene rings is 1. The van der Waals surface area contributed by atoms with Gasteiger partial charge in [-0.3, -0.25) is 9.78 Å². The number of aryl methyl sites for hydroxylation is 2. The minimum absolute atomic E-state index is 0.177. The van der Waals surface area contributed by atoms with Gasteiger partial charge < -0.3 is 15.0 Å². The Bertz CT molecular complexity index is 979. The van der Waals surface area contributed by atoms with E-state index >= 15 is 0 Å². The molecule has 1 N–H and O–H groups in total. The summed E-state index contributed by atoms with van der Waals surface area (Å²) < 4.78 is 5.36. The lowest BCUT2D eigenvalue weighted by Crippen LogP contribution is -2.36. The lowest BCUT2D eigenvalue weighted by molar-refractivity contribution is 0.102. The van der Waals surface area contributed by atoms with Crippen LogP contribution in [0, 0.1) is 13.8 Å². The van der Waals surface area contributed by atoms with E-state index < -0.39 is 0 Å². The quantitative estimate of drug-likeness (QED) is 0.774. The number of hydrogen-bond acceptors (Lipinski definition) is 5. The summed E-state index contributed by atoms with van der Waals surface area (Å²) in [4.78, 5) is 24.0. The maximum atomic E-state index is 12.7. The number of ether oxygens (including phenoxy) is 1. The molecule has 1 fully saturated rings. The third kappa shape index (κ3) is 3.75. The normalized spacial score (nSPS) is 14.4. The molecular weight excluding hydrogens is 340 g/mol. The van der Waals surface area contributed by atoms with Crippen LogP contribution in [0.2, 0.25) is 0 Å². The zero-order valence-electron chi connectivity index (χ0n) is 15.5. The van der Waals surface area contributed by atoms with Crippen molar-refractivity contribution in [2.75, 3.05) is 36.5 Å². The first-order valence-electron chi connectivity index (χ1n) is 9.08. The van der Waals surface area contributed by atoms with Crippen LogP contribution in [0.5, 0.6) is 0 Å². The highest BCUT2D eigenvalue weighted by Gasteiger charge is 2.14. The van der Waals surface area contributed by atoms with Crippen molar-refractivity contribution in [3.8, 4) is 0 Å². The molecule has 0 aliphatic carbocycles. The van der Waals surface area contributed by atoms with E-state index in [9.17, 15) is 4.79 Å². The van der Waals surface area contributed by atoms with Crippen LogP contribution in [-0.2, 0) is 4.74 Å². The third-order valence-electron chi connectivity index (χ3n) is 4.75. The lowest BCUT2D eigenvalue weighted by Gasteiger charge is -2.27. The summed E-state index contributed by atoms with van der Waals surface area (Å²) in [6, 6.07) is 11.7. The largest absolute Gasteiger partial charge is 0.378 e. The molecule has 138 valence electrons. The van der Waals surface area contributed by atoms with Crippen molar-refractivity contribution in [3.63, 3.8) is 0 Å². The number of fused-ring (bicyclic) bond motifs is 1. The molecule has 3 heterocycles. The molecule has 27 heavy (non-hydrogen) atoms. The number of pyridine rings is 2.